The number of carbonyl (C=O) groups is 2. The molecule has 0 rings (SSSR count). The van der Waals surface area contributed by atoms with Gasteiger partial charge in [-0.05, 0) is 32.6 Å². The molecule has 0 saturated heterocycles. The van der Waals surface area contributed by atoms with E-state index in [4.69, 9.17) is 25.5 Å². The molecule has 0 aliphatic heterocycles. The molecule has 0 radical (unpaired) electrons. The third-order valence-electron chi connectivity index (χ3n) is 2.68. The van der Waals surface area contributed by atoms with E-state index in [9.17, 15) is 9.59 Å². The van der Waals surface area contributed by atoms with Gasteiger partial charge in [0.2, 0.25) is 0 Å². The molecular weight excluding hydrogens is 388 g/mol. The van der Waals surface area contributed by atoms with Gasteiger partial charge in [0.05, 0.1) is 0 Å². The minimum absolute atomic E-state index is 0. The third kappa shape index (κ3) is 58.7. The summed E-state index contributed by atoms with van der Waals surface area (Å²) >= 11 is 0. The summed E-state index contributed by atoms with van der Waals surface area (Å²) in [7, 11) is 0. The van der Waals surface area contributed by atoms with Crippen molar-refractivity contribution in [3.63, 3.8) is 0 Å². The van der Waals surface area contributed by atoms with Crippen LogP contribution in [-0.2, 0) is 31.3 Å². The number of hydrogen-bond acceptors (Lipinski definition) is 5. The quantitative estimate of drug-likeness (QED) is 0.266. The monoisotopic (exact) mass is 428 g/mol. The Labute approximate surface area is 179 Å². The number of aliphatic hydroxyl groups excluding tert-OH is 3. The minimum Gasteiger partial charge on any atom is -0.481 e. The molecule has 0 atom stereocenters. The predicted molar refractivity (Wildman–Crippen MR) is 104 cm³/mol. The molecule has 0 unspecified atom stereocenters. The first-order valence-electron chi connectivity index (χ1n) is 9.23. The van der Waals surface area contributed by atoms with Crippen LogP contribution in [0.5, 0.6) is 0 Å². The molecule has 8 heteroatoms. The molecule has 5 N–H and O–H groups in total. The van der Waals surface area contributed by atoms with Crippen molar-refractivity contribution in [2.75, 3.05) is 19.8 Å². The van der Waals surface area contributed by atoms with Crippen molar-refractivity contribution in [2.24, 2.45) is 0 Å². The fourth-order valence-corrected chi connectivity index (χ4v) is 0.974. The Morgan fingerprint density at radius 1 is 0.778 bits per heavy atom. The first-order chi connectivity index (χ1) is 12.3. The molecule has 0 aromatic carbocycles. The summed E-state index contributed by atoms with van der Waals surface area (Å²) < 4.78 is 0. The van der Waals surface area contributed by atoms with Crippen LogP contribution < -0.4 is 0 Å². The summed E-state index contributed by atoms with van der Waals surface area (Å²) in [5, 5.41) is 40.7. The van der Waals surface area contributed by atoms with Gasteiger partial charge < -0.3 is 25.5 Å². The zero-order valence-electron chi connectivity index (χ0n) is 17.4. The van der Waals surface area contributed by atoms with E-state index in [1.165, 1.54) is 13.0 Å². The first kappa shape index (κ1) is 37.1. The van der Waals surface area contributed by atoms with E-state index in [2.05, 4.69) is 20.8 Å². The van der Waals surface area contributed by atoms with Crippen LogP contribution in [0.15, 0.2) is 11.6 Å². The molecule has 0 fully saturated rings. The van der Waals surface area contributed by atoms with E-state index in [0.717, 1.165) is 38.5 Å². The smallest absolute Gasteiger partial charge is 0.330 e. The van der Waals surface area contributed by atoms with Gasteiger partial charge in [0.1, 0.15) is 0 Å². The number of aliphatic carboxylic acids is 2. The van der Waals surface area contributed by atoms with E-state index in [-0.39, 0.29) is 40.1 Å². The van der Waals surface area contributed by atoms with Gasteiger partial charge in [-0.2, -0.15) is 0 Å². The average Bonchev–Trinajstić information content (AvgIpc) is 2.58. The molecule has 0 amide bonds. The summed E-state index contributed by atoms with van der Waals surface area (Å²) in [6, 6.07) is 0. The number of allylic oxidation sites excluding steroid dienone is 1. The Morgan fingerprint density at radius 2 is 1.11 bits per heavy atom. The van der Waals surface area contributed by atoms with Crippen molar-refractivity contribution < 1.29 is 56.8 Å². The molecule has 27 heavy (non-hydrogen) atoms. The molecule has 0 heterocycles. The van der Waals surface area contributed by atoms with E-state index in [0.29, 0.717) is 19.8 Å². The molecule has 0 spiro atoms. The average molecular weight is 428 g/mol. The number of aliphatic hydroxyl groups is 3. The third-order valence-corrected chi connectivity index (χ3v) is 2.68. The molecular formula is C19H40O7Ti. The number of carboxylic acid groups (broad SMARTS) is 2. The molecule has 162 valence electrons. The van der Waals surface area contributed by atoms with Gasteiger partial charge in [0.15, 0.2) is 0 Å². The van der Waals surface area contributed by atoms with Crippen LogP contribution in [0, 0.1) is 0 Å². The minimum atomic E-state index is -1.00. The van der Waals surface area contributed by atoms with Gasteiger partial charge in [-0.1, -0.05) is 46.1 Å². The van der Waals surface area contributed by atoms with Crippen molar-refractivity contribution in [1.82, 2.24) is 0 Å². The topological polar surface area (TPSA) is 135 Å². The SMILES string of the molecule is CC(=CCCC(=O)O)C(=O)O.CCCCO.CCCCO.CCCCO.[Ti]. The number of rotatable bonds is 10. The second-order valence-corrected chi connectivity index (χ2v) is 5.36. The van der Waals surface area contributed by atoms with Gasteiger partial charge in [-0.3, -0.25) is 4.79 Å². The van der Waals surface area contributed by atoms with E-state index < -0.39 is 11.9 Å². The van der Waals surface area contributed by atoms with Crippen LogP contribution in [0.25, 0.3) is 0 Å². The van der Waals surface area contributed by atoms with Gasteiger partial charge in [0, 0.05) is 53.5 Å². The predicted octanol–water partition coefficient (Wildman–Crippen LogP) is 3.22. The Balaban J connectivity index is -0.0000000858. The van der Waals surface area contributed by atoms with Crippen LogP contribution in [0.1, 0.15) is 79.1 Å². The van der Waals surface area contributed by atoms with Crippen molar-refractivity contribution in [2.45, 2.75) is 79.1 Å². The van der Waals surface area contributed by atoms with Gasteiger partial charge in [0.25, 0.3) is 0 Å². The summed E-state index contributed by atoms with van der Waals surface area (Å²) in [6.45, 7) is 8.62. The maximum absolute atomic E-state index is 10.2. The Morgan fingerprint density at radius 3 is 1.26 bits per heavy atom. The van der Waals surface area contributed by atoms with Crippen molar-refractivity contribution in [3.8, 4) is 0 Å². The molecule has 0 bridgehead atoms. The maximum atomic E-state index is 10.2. The van der Waals surface area contributed by atoms with E-state index in [1.54, 1.807) is 0 Å². The first-order valence-corrected chi connectivity index (χ1v) is 9.23. The molecule has 0 aliphatic carbocycles. The molecule has 0 saturated carbocycles. The largest absolute Gasteiger partial charge is 0.481 e. The number of hydrogen-bond donors (Lipinski definition) is 5. The van der Waals surface area contributed by atoms with Crippen LogP contribution in [-0.4, -0.2) is 57.3 Å². The number of carboxylic acids is 2. The maximum Gasteiger partial charge on any atom is 0.330 e. The zero-order chi connectivity index (χ0) is 21.2. The fourth-order valence-electron chi connectivity index (χ4n) is 0.974. The van der Waals surface area contributed by atoms with Crippen molar-refractivity contribution >= 4 is 11.9 Å². The van der Waals surface area contributed by atoms with Crippen LogP contribution >= 0.6 is 0 Å². The summed E-state index contributed by atoms with van der Waals surface area (Å²) in [5.74, 6) is -1.92. The van der Waals surface area contributed by atoms with Crippen LogP contribution in [0.2, 0.25) is 0 Å². The summed E-state index contributed by atoms with van der Waals surface area (Å²) in [5.41, 5.74) is 0.186. The van der Waals surface area contributed by atoms with Gasteiger partial charge in [-0.15, -0.1) is 0 Å². The summed E-state index contributed by atoms with van der Waals surface area (Å²) in [6.07, 6.45) is 7.76. The molecule has 0 aromatic heterocycles. The zero-order valence-corrected chi connectivity index (χ0v) is 19.0. The van der Waals surface area contributed by atoms with Gasteiger partial charge >= 0.3 is 11.9 Å². The number of unbranched alkanes of at least 4 members (excludes halogenated alkanes) is 3. The second kappa shape index (κ2) is 36.2. The fraction of sp³-hybridized carbons (Fsp3) is 0.789. The standard InChI is InChI=1S/C7H10O4.3C4H10O.Ti/c1-5(7(10)11)3-2-4-6(8)9;3*1-2-3-4-5;/h3H,2,4H2,1H3,(H,8,9)(H,10,11);3*5H,2-4H2,1H3;. The normalized spacial score (nSPS) is 9.22. The van der Waals surface area contributed by atoms with Crippen LogP contribution in [0.4, 0.5) is 0 Å². The summed E-state index contributed by atoms with van der Waals surface area (Å²) in [4.78, 5) is 20.1. The van der Waals surface area contributed by atoms with Crippen molar-refractivity contribution in [3.05, 3.63) is 11.6 Å². The Bertz CT molecular complexity index is 301. The molecule has 7 nitrogen and oxygen atoms in total. The Kier molecular flexibility index (Phi) is 49.8. The van der Waals surface area contributed by atoms with Gasteiger partial charge in [-0.25, -0.2) is 4.79 Å². The van der Waals surface area contributed by atoms with Crippen molar-refractivity contribution in [1.29, 1.82) is 0 Å². The van der Waals surface area contributed by atoms with E-state index in [1.807, 2.05) is 0 Å². The molecule has 0 aromatic rings. The Hall–Kier alpha value is -0.726. The van der Waals surface area contributed by atoms with E-state index >= 15 is 0 Å². The van der Waals surface area contributed by atoms with Crippen LogP contribution in [0.3, 0.4) is 0 Å². The second-order valence-electron chi connectivity index (χ2n) is 5.36. The molecule has 0 aliphatic rings.